The third-order valence-corrected chi connectivity index (χ3v) is 3.62. The molecule has 0 aliphatic carbocycles. The zero-order valence-corrected chi connectivity index (χ0v) is 12.4. The molecule has 0 aromatic carbocycles. The first-order valence-corrected chi connectivity index (χ1v) is 7.06. The molecule has 17 heavy (non-hydrogen) atoms. The molecule has 2 atom stereocenters. The van der Waals surface area contributed by atoms with Crippen LogP contribution < -0.4 is 0 Å². The summed E-state index contributed by atoms with van der Waals surface area (Å²) in [5.41, 5.74) is 0. The highest BCUT2D eigenvalue weighted by atomic mass is 35.5. The van der Waals surface area contributed by atoms with E-state index in [0.29, 0.717) is 12.3 Å². The summed E-state index contributed by atoms with van der Waals surface area (Å²) < 4.78 is 0. The van der Waals surface area contributed by atoms with Crippen LogP contribution in [0.5, 0.6) is 0 Å². The van der Waals surface area contributed by atoms with Crippen molar-refractivity contribution in [2.45, 2.75) is 71.1 Å². The second-order valence-corrected chi connectivity index (χ2v) is 6.66. The Kier molecular flexibility index (Phi) is 7.85. The van der Waals surface area contributed by atoms with Crippen molar-refractivity contribution in [3.05, 3.63) is 0 Å². The van der Waals surface area contributed by atoms with E-state index in [4.69, 9.17) is 16.7 Å². The van der Waals surface area contributed by atoms with Crippen molar-refractivity contribution in [2.24, 2.45) is 11.8 Å². The summed E-state index contributed by atoms with van der Waals surface area (Å²) in [6.07, 6.45) is 6.33. The molecule has 0 fully saturated rings. The van der Waals surface area contributed by atoms with Gasteiger partial charge in [-0.1, -0.05) is 52.9 Å². The van der Waals surface area contributed by atoms with Crippen molar-refractivity contribution in [1.29, 1.82) is 0 Å². The Morgan fingerprint density at radius 1 is 1.18 bits per heavy atom. The molecule has 3 heteroatoms. The highest BCUT2D eigenvalue weighted by Gasteiger charge is 2.29. The summed E-state index contributed by atoms with van der Waals surface area (Å²) in [4.78, 5) is 9.73. The average Bonchev–Trinajstić information content (AvgIpc) is 2.16. The van der Waals surface area contributed by atoms with E-state index in [1.165, 1.54) is 19.3 Å². The molecular formula is C14H27ClO2. The number of carboxylic acid groups (broad SMARTS) is 1. The molecule has 0 radical (unpaired) electrons. The summed E-state index contributed by atoms with van der Waals surface area (Å²) >= 11 is 5.90. The van der Waals surface area contributed by atoms with E-state index in [1.807, 2.05) is 0 Å². The molecule has 0 aliphatic rings. The van der Waals surface area contributed by atoms with Gasteiger partial charge in [-0.05, 0) is 25.2 Å². The first kappa shape index (κ1) is 16.8. The van der Waals surface area contributed by atoms with Crippen LogP contribution in [0.3, 0.4) is 0 Å². The summed E-state index contributed by atoms with van der Waals surface area (Å²) in [6, 6.07) is 0. The van der Waals surface area contributed by atoms with Crippen molar-refractivity contribution < 1.29 is 9.90 Å². The molecule has 0 heterocycles. The zero-order valence-electron chi connectivity index (χ0n) is 11.6. The van der Waals surface area contributed by atoms with Gasteiger partial charge < -0.3 is 5.11 Å². The van der Waals surface area contributed by atoms with Crippen LogP contribution in [0.2, 0.25) is 0 Å². The Morgan fingerprint density at radius 2 is 1.71 bits per heavy atom. The number of hydrogen-bond acceptors (Lipinski definition) is 1. The van der Waals surface area contributed by atoms with Crippen LogP contribution in [0, 0.1) is 11.8 Å². The fraction of sp³-hybridized carbons (Fsp3) is 0.929. The van der Waals surface area contributed by atoms with Gasteiger partial charge in [0, 0.05) is 0 Å². The number of carbonyl (C=O) groups is 1. The van der Waals surface area contributed by atoms with Gasteiger partial charge in [-0.3, -0.25) is 4.79 Å². The van der Waals surface area contributed by atoms with Crippen molar-refractivity contribution >= 4 is 17.6 Å². The third kappa shape index (κ3) is 8.48. The first-order chi connectivity index (χ1) is 7.75. The van der Waals surface area contributed by atoms with Crippen LogP contribution in [0.15, 0.2) is 0 Å². The molecule has 0 unspecified atom stereocenters. The second kappa shape index (κ2) is 7.97. The Balaban J connectivity index is 3.64. The molecule has 0 saturated carbocycles. The van der Waals surface area contributed by atoms with E-state index in [9.17, 15) is 4.79 Å². The van der Waals surface area contributed by atoms with Crippen LogP contribution in [0.25, 0.3) is 0 Å². The van der Waals surface area contributed by atoms with Gasteiger partial charge >= 0.3 is 5.97 Å². The van der Waals surface area contributed by atoms with E-state index in [1.54, 1.807) is 6.92 Å². The largest absolute Gasteiger partial charge is 0.480 e. The summed E-state index contributed by atoms with van der Waals surface area (Å²) in [5, 5.41) is 8.88. The predicted octanol–water partition coefficient (Wildman–Crippen LogP) is 4.70. The van der Waals surface area contributed by atoms with Gasteiger partial charge in [0.05, 0.1) is 0 Å². The van der Waals surface area contributed by atoms with E-state index in [-0.39, 0.29) is 0 Å². The molecule has 2 nitrogen and oxygen atoms in total. The Hall–Kier alpha value is -0.240. The molecule has 0 aromatic rings. The quantitative estimate of drug-likeness (QED) is 0.612. The van der Waals surface area contributed by atoms with Crippen LogP contribution >= 0.6 is 11.6 Å². The zero-order chi connectivity index (χ0) is 13.5. The van der Waals surface area contributed by atoms with Gasteiger partial charge in [-0.15, -0.1) is 11.6 Å². The summed E-state index contributed by atoms with van der Waals surface area (Å²) in [5.74, 6) is 0.544. The molecule has 1 N–H and O–H groups in total. The van der Waals surface area contributed by atoms with E-state index < -0.39 is 10.8 Å². The number of hydrogen-bond donors (Lipinski definition) is 1. The van der Waals surface area contributed by atoms with E-state index in [0.717, 1.165) is 18.8 Å². The van der Waals surface area contributed by atoms with Gasteiger partial charge in [0.25, 0.3) is 0 Å². The fourth-order valence-corrected chi connectivity index (χ4v) is 2.04. The number of rotatable bonds is 9. The molecule has 0 aromatic heterocycles. The van der Waals surface area contributed by atoms with Gasteiger partial charge in [-0.25, -0.2) is 0 Å². The molecule has 0 rings (SSSR count). The molecule has 0 aliphatic heterocycles. The minimum atomic E-state index is -1.09. The van der Waals surface area contributed by atoms with Gasteiger partial charge in [0.15, 0.2) is 0 Å². The molecule has 0 spiro atoms. The Labute approximate surface area is 111 Å². The van der Waals surface area contributed by atoms with Crippen molar-refractivity contribution in [3.63, 3.8) is 0 Å². The molecule has 0 saturated heterocycles. The molecular weight excluding hydrogens is 236 g/mol. The third-order valence-electron chi connectivity index (χ3n) is 3.27. The second-order valence-electron chi connectivity index (χ2n) is 5.82. The lowest BCUT2D eigenvalue weighted by Gasteiger charge is -2.18. The molecule has 0 amide bonds. The van der Waals surface area contributed by atoms with Crippen LogP contribution in [-0.2, 0) is 4.79 Å². The highest BCUT2D eigenvalue weighted by molar-refractivity contribution is 6.33. The maximum absolute atomic E-state index is 10.8. The van der Waals surface area contributed by atoms with Gasteiger partial charge in [0.1, 0.15) is 4.87 Å². The lowest BCUT2D eigenvalue weighted by Crippen LogP contribution is -2.28. The summed E-state index contributed by atoms with van der Waals surface area (Å²) in [7, 11) is 0. The van der Waals surface area contributed by atoms with E-state index in [2.05, 4.69) is 20.8 Å². The van der Waals surface area contributed by atoms with E-state index >= 15 is 0 Å². The SMILES string of the molecule is CC(C)CCC[C@H](C)CCC[C@](C)(Cl)C(=O)O. The Bertz CT molecular complexity index is 224. The molecule has 102 valence electrons. The van der Waals surface area contributed by atoms with Gasteiger partial charge in [-0.2, -0.15) is 0 Å². The maximum Gasteiger partial charge on any atom is 0.324 e. The topological polar surface area (TPSA) is 37.3 Å². The van der Waals surface area contributed by atoms with Crippen LogP contribution in [0.1, 0.15) is 66.2 Å². The van der Waals surface area contributed by atoms with Gasteiger partial charge in [0.2, 0.25) is 0 Å². The standard InChI is InChI=1S/C14H27ClO2/c1-11(2)7-5-8-12(3)9-6-10-14(4,15)13(16)17/h11-12H,5-10H2,1-4H3,(H,16,17)/t12-,14-/m0/s1. The van der Waals surface area contributed by atoms with Crippen molar-refractivity contribution in [2.75, 3.05) is 0 Å². The molecule has 0 bridgehead atoms. The maximum atomic E-state index is 10.8. The number of halogens is 1. The lowest BCUT2D eigenvalue weighted by molar-refractivity contribution is -0.139. The van der Waals surface area contributed by atoms with Crippen LogP contribution in [-0.4, -0.2) is 16.0 Å². The normalized spacial score (nSPS) is 16.8. The number of aliphatic carboxylic acids is 1. The first-order valence-electron chi connectivity index (χ1n) is 6.68. The van der Waals surface area contributed by atoms with Crippen LogP contribution in [0.4, 0.5) is 0 Å². The monoisotopic (exact) mass is 262 g/mol. The van der Waals surface area contributed by atoms with Crippen molar-refractivity contribution in [1.82, 2.24) is 0 Å². The minimum absolute atomic E-state index is 0.554. The van der Waals surface area contributed by atoms with Crippen molar-refractivity contribution in [3.8, 4) is 0 Å². The fourth-order valence-electron chi connectivity index (χ4n) is 1.91. The number of alkyl halides is 1. The predicted molar refractivity (Wildman–Crippen MR) is 73.6 cm³/mol. The highest BCUT2D eigenvalue weighted by Crippen LogP contribution is 2.25. The number of carboxylic acids is 1. The smallest absolute Gasteiger partial charge is 0.324 e. The Morgan fingerprint density at radius 3 is 2.18 bits per heavy atom. The lowest BCUT2D eigenvalue weighted by atomic mass is 9.93. The average molecular weight is 263 g/mol. The summed E-state index contributed by atoms with van der Waals surface area (Å²) in [6.45, 7) is 8.32. The minimum Gasteiger partial charge on any atom is -0.480 e.